The molecule has 0 spiro atoms. The minimum absolute atomic E-state index is 0.0605. The maximum absolute atomic E-state index is 14.6. The van der Waals surface area contributed by atoms with Gasteiger partial charge in [0.15, 0.2) is 6.29 Å². The van der Waals surface area contributed by atoms with Crippen LogP contribution in [-0.2, 0) is 35.1 Å². The topological polar surface area (TPSA) is 103 Å². The van der Waals surface area contributed by atoms with Crippen molar-refractivity contribution in [2.45, 2.75) is 84.4 Å². The van der Waals surface area contributed by atoms with Crippen molar-refractivity contribution in [3.63, 3.8) is 0 Å². The number of hydrogen-bond acceptors (Lipinski definition) is 8. The number of nitrogens with zero attached hydrogens (tertiary/aromatic N) is 1. The molecule has 0 radical (unpaired) electrons. The molecule has 2 amide bonds. The predicted octanol–water partition coefficient (Wildman–Crippen LogP) is 7.66. The van der Waals surface area contributed by atoms with Crippen molar-refractivity contribution in [1.29, 1.82) is 0 Å². The Kier molecular flexibility index (Phi) is 11.7. The lowest BCUT2D eigenvalue weighted by molar-refractivity contribution is -0.180. The van der Waals surface area contributed by atoms with Gasteiger partial charge in [-0.05, 0) is 86.2 Å². The van der Waals surface area contributed by atoms with Crippen molar-refractivity contribution < 1.29 is 33.3 Å². The van der Waals surface area contributed by atoms with Crippen LogP contribution in [0.2, 0.25) is 0 Å². The van der Waals surface area contributed by atoms with Gasteiger partial charge in [0.25, 0.3) is 0 Å². The smallest absolute Gasteiger partial charge is 0.407 e. The number of thiophene rings is 1. The van der Waals surface area contributed by atoms with Crippen LogP contribution >= 0.6 is 11.3 Å². The Labute approximate surface area is 292 Å². The summed E-state index contributed by atoms with van der Waals surface area (Å²) in [6.45, 7) is 11.9. The van der Waals surface area contributed by atoms with E-state index in [4.69, 9.17) is 18.9 Å². The Hall–Kier alpha value is -4.25. The summed E-state index contributed by atoms with van der Waals surface area (Å²) < 4.78 is 24.3. The maximum Gasteiger partial charge on any atom is 0.407 e. The molecule has 2 atom stereocenters. The molecule has 260 valence electrons. The number of carbonyl (C=O) groups excluding carboxylic acids is 3. The van der Waals surface area contributed by atoms with Crippen LogP contribution in [0, 0.1) is 0 Å². The summed E-state index contributed by atoms with van der Waals surface area (Å²) in [5.41, 5.74) is 4.50. The summed E-state index contributed by atoms with van der Waals surface area (Å²) in [7, 11) is 0. The predicted molar refractivity (Wildman–Crippen MR) is 191 cm³/mol. The Bertz CT molecular complexity index is 1710. The highest BCUT2D eigenvalue weighted by Gasteiger charge is 2.37. The molecule has 1 heterocycles. The van der Waals surface area contributed by atoms with Gasteiger partial charge in [-0.1, -0.05) is 66.7 Å². The zero-order chi connectivity index (χ0) is 35.1. The first-order valence-corrected chi connectivity index (χ1v) is 17.7. The Morgan fingerprint density at radius 1 is 0.878 bits per heavy atom. The number of nitrogens with one attached hydrogen (secondary N) is 1. The normalized spacial score (nSPS) is 13.9. The highest BCUT2D eigenvalue weighted by atomic mass is 32.1. The fourth-order valence-corrected chi connectivity index (χ4v) is 7.25. The summed E-state index contributed by atoms with van der Waals surface area (Å²) in [4.78, 5) is 43.0. The van der Waals surface area contributed by atoms with Crippen LogP contribution < -0.4 is 5.32 Å². The highest BCUT2D eigenvalue weighted by Crippen LogP contribution is 2.44. The van der Waals surface area contributed by atoms with Gasteiger partial charge in [-0.2, -0.15) is 0 Å². The van der Waals surface area contributed by atoms with E-state index in [-0.39, 0.29) is 25.5 Å². The number of ether oxygens (including phenoxy) is 4. The molecule has 0 aliphatic heterocycles. The van der Waals surface area contributed by atoms with Crippen molar-refractivity contribution in [1.82, 2.24) is 10.2 Å². The number of benzene rings is 3. The van der Waals surface area contributed by atoms with E-state index in [0.29, 0.717) is 13.2 Å². The van der Waals surface area contributed by atoms with E-state index < -0.39 is 41.9 Å². The molecule has 0 saturated carbocycles. The van der Waals surface area contributed by atoms with Crippen LogP contribution in [0.4, 0.5) is 4.79 Å². The second-order valence-electron chi connectivity index (χ2n) is 13.1. The van der Waals surface area contributed by atoms with Crippen LogP contribution in [0.1, 0.15) is 70.6 Å². The van der Waals surface area contributed by atoms with E-state index >= 15 is 0 Å². The molecule has 4 aromatic rings. The van der Waals surface area contributed by atoms with Gasteiger partial charge in [0.1, 0.15) is 18.2 Å². The number of alkyl carbamates (subject to hydrolysis) is 1. The van der Waals surface area contributed by atoms with Gasteiger partial charge in [-0.25, -0.2) is 4.79 Å². The van der Waals surface area contributed by atoms with Gasteiger partial charge >= 0.3 is 12.1 Å². The lowest BCUT2D eigenvalue weighted by atomic mass is 9.98. The summed E-state index contributed by atoms with van der Waals surface area (Å²) in [5.74, 6) is -1.27. The van der Waals surface area contributed by atoms with Gasteiger partial charge in [-0.3, -0.25) is 9.59 Å². The van der Waals surface area contributed by atoms with Gasteiger partial charge in [0.2, 0.25) is 5.91 Å². The second kappa shape index (κ2) is 16.0. The van der Waals surface area contributed by atoms with Crippen LogP contribution in [0.15, 0.2) is 78.2 Å². The molecule has 0 bridgehead atoms. The summed E-state index contributed by atoms with van der Waals surface area (Å²) in [6.07, 6.45) is -1.93. The van der Waals surface area contributed by atoms with Gasteiger partial charge in [-0.15, -0.1) is 11.3 Å². The molecule has 1 unspecified atom stereocenters. The second-order valence-corrected chi connectivity index (χ2v) is 14.0. The fourth-order valence-electron chi connectivity index (χ4n) is 6.30. The number of rotatable bonds is 14. The van der Waals surface area contributed by atoms with Crippen LogP contribution in [-0.4, -0.2) is 66.7 Å². The first-order valence-electron chi connectivity index (χ1n) is 16.8. The fraction of sp³-hybridized carbons (Fsp3) is 0.410. The Morgan fingerprint density at radius 2 is 1.47 bits per heavy atom. The van der Waals surface area contributed by atoms with Gasteiger partial charge in [0, 0.05) is 30.4 Å². The molecule has 3 aromatic carbocycles. The number of esters is 1. The van der Waals surface area contributed by atoms with E-state index in [1.165, 1.54) is 0 Å². The SMILES string of the molecule is CCOC(OCC)[C@H](C)N(Cc1csc2ccccc12)C(=O)C(CC(=O)OC(C)(C)C)NC(=O)OCC1c2ccccc2-c2ccccc21. The molecule has 9 nitrogen and oxygen atoms in total. The first kappa shape index (κ1) is 36.0. The Morgan fingerprint density at radius 3 is 2.08 bits per heavy atom. The molecule has 0 fully saturated rings. The number of fused-ring (bicyclic) bond motifs is 4. The van der Waals surface area contributed by atoms with E-state index in [2.05, 4.69) is 17.4 Å². The molecule has 1 N–H and O–H groups in total. The molecular formula is C39H46N2O7S. The standard InChI is InChI=1S/C39H46N2O7S/c1-7-45-37(46-8-2)25(3)41(22-26-24-49-34-20-14-13-15-27(26)34)36(43)33(21-35(42)48-39(4,5)6)40-38(44)47-23-32-30-18-11-9-16-28(30)29-17-10-12-19-31(29)32/h9-20,24-25,32-33,37H,7-8,21-23H2,1-6H3,(H,40,44)/t25-,33?/m0/s1. The monoisotopic (exact) mass is 686 g/mol. The Balaban J connectivity index is 1.41. The van der Waals surface area contributed by atoms with Crippen LogP contribution in [0.5, 0.6) is 0 Å². The van der Waals surface area contributed by atoms with Crippen molar-refractivity contribution in [2.75, 3.05) is 19.8 Å². The minimum atomic E-state index is -1.28. The lowest BCUT2D eigenvalue weighted by Crippen LogP contribution is -2.55. The van der Waals surface area contributed by atoms with Gasteiger partial charge in [0.05, 0.1) is 12.5 Å². The maximum atomic E-state index is 14.6. The highest BCUT2D eigenvalue weighted by molar-refractivity contribution is 7.17. The van der Waals surface area contributed by atoms with Crippen molar-refractivity contribution in [2.24, 2.45) is 0 Å². The first-order chi connectivity index (χ1) is 23.5. The van der Waals surface area contributed by atoms with Crippen molar-refractivity contribution in [3.05, 3.63) is 94.9 Å². The molecule has 0 saturated heterocycles. The number of hydrogen-bond donors (Lipinski definition) is 1. The summed E-state index contributed by atoms with van der Waals surface area (Å²) in [5, 5.41) is 5.78. The average molecular weight is 687 g/mol. The third-order valence-electron chi connectivity index (χ3n) is 8.46. The minimum Gasteiger partial charge on any atom is -0.460 e. The molecule has 1 aliphatic carbocycles. The van der Waals surface area contributed by atoms with E-state index in [0.717, 1.165) is 37.9 Å². The number of amides is 2. The zero-order valence-electron chi connectivity index (χ0n) is 29.1. The van der Waals surface area contributed by atoms with E-state index in [1.54, 1.807) is 37.0 Å². The molecule has 49 heavy (non-hydrogen) atoms. The average Bonchev–Trinajstić information content (AvgIpc) is 3.63. The quantitative estimate of drug-likeness (QED) is 0.107. The van der Waals surface area contributed by atoms with Gasteiger partial charge < -0.3 is 29.2 Å². The van der Waals surface area contributed by atoms with E-state index in [1.807, 2.05) is 86.8 Å². The third kappa shape index (κ3) is 8.68. The molecule has 1 aromatic heterocycles. The van der Waals surface area contributed by atoms with Crippen LogP contribution in [0.25, 0.3) is 21.2 Å². The zero-order valence-corrected chi connectivity index (χ0v) is 29.9. The van der Waals surface area contributed by atoms with Crippen molar-refractivity contribution >= 4 is 39.4 Å². The van der Waals surface area contributed by atoms with E-state index in [9.17, 15) is 14.4 Å². The molecule has 10 heteroatoms. The molecular weight excluding hydrogens is 641 g/mol. The largest absolute Gasteiger partial charge is 0.460 e. The van der Waals surface area contributed by atoms with Crippen LogP contribution in [0.3, 0.4) is 0 Å². The number of carbonyl (C=O) groups is 3. The summed E-state index contributed by atoms with van der Waals surface area (Å²) in [6, 6.07) is 22.3. The third-order valence-corrected chi connectivity index (χ3v) is 9.47. The van der Waals surface area contributed by atoms with Crippen molar-refractivity contribution in [3.8, 4) is 11.1 Å². The molecule has 1 aliphatic rings. The molecule has 5 rings (SSSR count). The summed E-state index contributed by atoms with van der Waals surface area (Å²) >= 11 is 1.59. The lowest BCUT2D eigenvalue weighted by Gasteiger charge is -2.36.